The first-order chi connectivity index (χ1) is 12.2. The van der Waals surface area contributed by atoms with Crippen molar-refractivity contribution in [2.45, 2.75) is 46.3 Å². The molecule has 1 aromatic rings. The Hall–Kier alpha value is -1.41. The van der Waals surface area contributed by atoms with Crippen molar-refractivity contribution in [3.8, 4) is 0 Å². The highest BCUT2D eigenvalue weighted by atomic mass is 35.5. The van der Waals surface area contributed by atoms with Crippen LogP contribution in [0.3, 0.4) is 0 Å². The first kappa shape index (κ1) is 20.9. The zero-order valence-electron chi connectivity index (χ0n) is 15.7. The van der Waals surface area contributed by atoms with E-state index < -0.39 is 0 Å². The predicted molar refractivity (Wildman–Crippen MR) is 109 cm³/mol. The van der Waals surface area contributed by atoms with E-state index in [4.69, 9.17) is 28.6 Å². The van der Waals surface area contributed by atoms with Crippen molar-refractivity contribution in [2.75, 3.05) is 25.0 Å². The fraction of sp³-hybridized carbons (Fsp3) is 0.556. The highest BCUT2D eigenvalue weighted by molar-refractivity contribution is 7.80. The summed E-state index contributed by atoms with van der Waals surface area (Å²) in [7, 11) is 0. The van der Waals surface area contributed by atoms with Crippen LogP contribution in [0.5, 0.6) is 0 Å². The smallest absolute Gasteiger partial charge is 0.244 e. The Bertz CT molecular complexity index is 638. The van der Waals surface area contributed by atoms with E-state index in [0.717, 1.165) is 36.4 Å². The van der Waals surface area contributed by atoms with Gasteiger partial charge in [-0.05, 0) is 57.1 Å². The molecule has 2 atom stereocenters. The number of rotatable bonds is 4. The number of hydrogen-bond acceptors (Lipinski definition) is 3. The Morgan fingerprint density at radius 2 is 1.92 bits per heavy atom. The summed E-state index contributed by atoms with van der Waals surface area (Å²) in [4.78, 5) is 13.4. The zero-order valence-corrected chi connectivity index (χ0v) is 17.3. The molecular weight excluding hydrogens is 372 g/mol. The Labute approximate surface area is 165 Å². The van der Waals surface area contributed by atoms with Gasteiger partial charge in [0.25, 0.3) is 0 Å². The molecule has 1 fully saturated rings. The van der Waals surface area contributed by atoms with Gasteiger partial charge in [-0.1, -0.05) is 17.7 Å². The van der Waals surface area contributed by atoms with Crippen LogP contribution in [0.25, 0.3) is 0 Å². The molecule has 0 unspecified atom stereocenters. The largest absolute Gasteiger partial charge is 0.364 e. The molecule has 144 valence electrons. The molecule has 0 radical (unpaired) electrons. The van der Waals surface area contributed by atoms with Gasteiger partial charge in [0.1, 0.15) is 25.3 Å². The summed E-state index contributed by atoms with van der Waals surface area (Å²) in [5.74, 6) is -0.0971. The summed E-state index contributed by atoms with van der Waals surface area (Å²) >= 11 is 11.5. The normalized spacial score (nSPS) is 22.6. The molecule has 6 nitrogen and oxygen atoms in total. The van der Waals surface area contributed by atoms with Crippen LogP contribution >= 0.6 is 23.8 Å². The molecule has 0 saturated carbocycles. The Morgan fingerprint density at radius 1 is 1.27 bits per heavy atom. The molecule has 0 spiro atoms. The van der Waals surface area contributed by atoms with Crippen LogP contribution in [0.2, 0.25) is 5.02 Å². The van der Waals surface area contributed by atoms with Gasteiger partial charge in [0.05, 0.1) is 23.7 Å². The van der Waals surface area contributed by atoms with E-state index in [1.54, 1.807) is 0 Å². The maximum Gasteiger partial charge on any atom is 0.244 e. The number of benzene rings is 1. The van der Waals surface area contributed by atoms with Crippen molar-refractivity contribution >= 4 is 40.5 Å². The number of ether oxygens (including phenoxy) is 1. The molecule has 2 rings (SSSR count). The molecule has 1 saturated heterocycles. The van der Waals surface area contributed by atoms with Gasteiger partial charge in [0.2, 0.25) is 5.91 Å². The van der Waals surface area contributed by atoms with Crippen molar-refractivity contribution in [2.24, 2.45) is 0 Å². The number of carbonyl (C=O) groups excluding carboxylic acids is 1. The molecule has 1 heterocycles. The van der Waals surface area contributed by atoms with Crippen LogP contribution < -0.4 is 21.1 Å². The van der Waals surface area contributed by atoms with Gasteiger partial charge in [-0.25, -0.2) is 0 Å². The highest BCUT2D eigenvalue weighted by Crippen LogP contribution is 2.27. The van der Waals surface area contributed by atoms with Crippen LogP contribution in [0.1, 0.15) is 31.4 Å². The number of halogens is 1. The summed E-state index contributed by atoms with van der Waals surface area (Å²) < 4.78 is 5.72. The van der Waals surface area contributed by atoms with Crippen LogP contribution in [0.15, 0.2) is 12.1 Å². The standard InChI is InChI=1S/C18H27ClN4O2S/c1-11-7-12(2)17(15(19)8-11)20-18(26)22-21-16(24)5-6-23-9-13(3)25-14(4)10-23/h7-8,13-14H,5-6,9-10H2,1-4H3,(H,21,24)(H2,20,22,26)/p+1/t13-,14-/m1/s1. The second-order valence-electron chi connectivity index (χ2n) is 6.98. The minimum atomic E-state index is -0.0971. The van der Waals surface area contributed by atoms with Crippen molar-refractivity contribution in [3.63, 3.8) is 0 Å². The number of thiocarbonyl (C=S) groups is 1. The molecule has 1 aliphatic heterocycles. The lowest BCUT2D eigenvalue weighted by Crippen LogP contribution is -3.15. The highest BCUT2D eigenvalue weighted by Gasteiger charge is 2.25. The number of aryl methyl sites for hydroxylation is 2. The number of morpholine rings is 1. The van der Waals surface area contributed by atoms with E-state index in [2.05, 4.69) is 30.0 Å². The third kappa shape index (κ3) is 6.39. The van der Waals surface area contributed by atoms with Gasteiger partial charge in [-0.3, -0.25) is 15.6 Å². The average Bonchev–Trinajstić information content (AvgIpc) is 2.53. The number of quaternary nitrogens is 1. The number of nitrogens with one attached hydrogen (secondary N) is 4. The molecule has 8 heteroatoms. The van der Waals surface area contributed by atoms with Crippen LogP contribution in [0, 0.1) is 13.8 Å². The number of hydrogen-bond donors (Lipinski definition) is 4. The minimum absolute atomic E-state index is 0.0971. The fourth-order valence-corrected chi connectivity index (χ4v) is 3.81. The summed E-state index contributed by atoms with van der Waals surface area (Å²) in [6, 6.07) is 3.88. The summed E-state index contributed by atoms with van der Waals surface area (Å²) in [5.41, 5.74) is 8.18. The second-order valence-corrected chi connectivity index (χ2v) is 7.80. The molecule has 0 aliphatic carbocycles. The van der Waals surface area contributed by atoms with E-state index in [1.807, 2.05) is 26.0 Å². The van der Waals surface area contributed by atoms with Crippen molar-refractivity contribution < 1.29 is 14.4 Å². The summed E-state index contributed by atoms with van der Waals surface area (Å²) in [5, 5.41) is 3.92. The van der Waals surface area contributed by atoms with Crippen molar-refractivity contribution in [1.82, 2.24) is 10.9 Å². The number of amides is 1. The zero-order chi connectivity index (χ0) is 19.3. The molecule has 0 aromatic heterocycles. The van der Waals surface area contributed by atoms with Gasteiger partial charge in [0, 0.05) is 0 Å². The van der Waals surface area contributed by atoms with E-state index in [9.17, 15) is 4.79 Å². The Morgan fingerprint density at radius 3 is 2.54 bits per heavy atom. The third-order valence-electron chi connectivity index (χ3n) is 4.31. The number of hydrazine groups is 1. The van der Waals surface area contributed by atoms with Crippen molar-refractivity contribution in [1.29, 1.82) is 0 Å². The second kappa shape index (κ2) is 9.50. The number of anilines is 1. The van der Waals surface area contributed by atoms with Gasteiger partial charge in [-0.2, -0.15) is 0 Å². The molecule has 4 N–H and O–H groups in total. The van der Waals surface area contributed by atoms with E-state index >= 15 is 0 Å². The monoisotopic (exact) mass is 399 g/mol. The Kier molecular flexibility index (Phi) is 7.64. The van der Waals surface area contributed by atoms with E-state index in [1.165, 1.54) is 4.90 Å². The van der Waals surface area contributed by atoms with Crippen LogP contribution in [-0.4, -0.2) is 42.9 Å². The molecule has 0 bridgehead atoms. The lowest BCUT2D eigenvalue weighted by molar-refractivity contribution is -0.914. The molecular formula is C18H28ClN4O2S+. The quantitative estimate of drug-likeness (QED) is 0.454. The SMILES string of the molecule is Cc1cc(C)c(NC(=S)NNC(=O)CC[NH+]2C[C@@H](C)O[C@H](C)C2)c(Cl)c1. The maximum atomic E-state index is 12.1. The van der Waals surface area contributed by atoms with Crippen LogP contribution in [0.4, 0.5) is 5.69 Å². The fourth-order valence-electron chi connectivity index (χ4n) is 3.29. The van der Waals surface area contributed by atoms with Gasteiger partial charge in [-0.15, -0.1) is 0 Å². The van der Waals surface area contributed by atoms with Gasteiger partial charge < -0.3 is 15.0 Å². The molecule has 1 aliphatic rings. The van der Waals surface area contributed by atoms with Gasteiger partial charge >= 0.3 is 0 Å². The van der Waals surface area contributed by atoms with E-state index in [0.29, 0.717) is 16.6 Å². The minimum Gasteiger partial charge on any atom is -0.364 e. The summed E-state index contributed by atoms with van der Waals surface area (Å²) in [6.07, 6.45) is 0.887. The third-order valence-corrected chi connectivity index (χ3v) is 4.81. The molecule has 1 aromatic carbocycles. The molecule has 26 heavy (non-hydrogen) atoms. The topological polar surface area (TPSA) is 66.8 Å². The van der Waals surface area contributed by atoms with Crippen molar-refractivity contribution in [3.05, 3.63) is 28.3 Å². The first-order valence-electron chi connectivity index (χ1n) is 8.86. The van der Waals surface area contributed by atoms with E-state index in [-0.39, 0.29) is 18.1 Å². The average molecular weight is 400 g/mol. The lowest BCUT2D eigenvalue weighted by atomic mass is 10.1. The van der Waals surface area contributed by atoms with Crippen LogP contribution in [-0.2, 0) is 9.53 Å². The molecule has 1 amide bonds. The lowest BCUT2D eigenvalue weighted by Gasteiger charge is -2.32. The number of carbonyl (C=O) groups is 1. The maximum absolute atomic E-state index is 12.1. The van der Waals surface area contributed by atoms with Gasteiger partial charge in [0.15, 0.2) is 5.11 Å². The Balaban J connectivity index is 1.74. The summed E-state index contributed by atoms with van der Waals surface area (Å²) in [6.45, 7) is 10.7. The predicted octanol–water partition coefficient (Wildman–Crippen LogP) is 1.36. The first-order valence-corrected chi connectivity index (χ1v) is 9.64.